The number of methoxy groups -OCH3 is 2. The van der Waals surface area contributed by atoms with Crippen LogP contribution in [0.3, 0.4) is 0 Å². The van der Waals surface area contributed by atoms with Crippen molar-refractivity contribution in [3.63, 3.8) is 0 Å². The van der Waals surface area contributed by atoms with Crippen LogP contribution in [0.25, 0.3) is 0 Å². The Balaban J connectivity index is 2.19. The van der Waals surface area contributed by atoms with Crippen LogP contribution in [0.5, 0.6) is 11.5 Å². The second-order valence-electron chi connectivity index (χ2n) is 4.44. The van der Waals surface area contributed by atoms with Crippen LogP contribution in [0.2, 0.25) is 0 Å². The first-order chi connectivity index (χ1) is 9.62. The van der Waals surface area contributed by atoms with E-state index in [0.717, 1.165) is 29.0 Å². The van der Waals surface area contributed by atoms with Gasteiger partial charge in [-0.15, -0.1) is 0 Å². The van der Waals surface area contributed by atoms with E-state index in [1.807, 2.05) is 18.2 Å². The molecule has 0 fully saturated rings. The fraction of sp³-hybridized carbons (Fsp3) is 0.250. The van der Waals surface area contributed by atoms with Crippen LogP contribution in [0.15, 0.2) is 42.5 Å². The molecule has 20 heavy (non-hydrogen) atoms. The molecule has 106 valence electrons. The summed E-state index contributed by atoms with van der Waals surface area (Å²) in [6.07, 6.45) is 0.761. The molecule has 0 N–H and O–H groups in total. The molecule has 0 amide bonds. The minimum atomic E-state index is -0.220. The Morgan fingerprint density at radius 3 is 2.05 bits per heavy atom. The maximum atomic E-state index is 12.9. The van der Waals surface area contributed by atoms with E-state index >= 15 is 0 Å². The highest BCUT2D eigenvalue weighted by molar-refractivity contribution is 9.09. The lowest BCUT2D eigenvalue weighted by atomic mass is 10.0. The SMILES string of the molecule is COc1cc(OC)cc(C(Br)Cc2ccc(F)cc2)c1. The van der Waals surface area contributed by atoms with Gasteiger partial charge in [-0.25, -0.2) is 4.39 Å². The fourth-order valence-corrected chi connectivity index (χ4v) is 2.59. The third kappa shape index (κ3) is 3.73. The average molecular weight is 339 g/mol. The van der Waals surface area contributed by atoms with Crippen molar-refractivity contribution in [1.29, 1.82) is 0 Å². The van der Waals surface area contributed by atoms with Crippen LogP contribution in [0.1, 0.15) is 16.0 Å². The van der Waals surface area contributed by atoms with E-state index in [0.29, 0.717) is 0 Å². The Bertz CT molecular complexity index is 547. The van der Waals surface area contributed by atoms with E-state index in [4.69, 9.17) is 9.47 Å². The van der Waals surface area contributed by atoms with Gasteiger partial charge in [0.25, 0.3) is 0 Å². The van der Waals surface area contributed by atoms with Gasteiger partial charge in [-0.05, 0) is 41.8 Å². The van der Waals surface area contributed by atoms with Gasteiger partial charge in [0.1, 0.15) is 17.3 Å². The average Bonchev–Trinajstić information content (AvgIpc) is 2.48. The lowest BCUT2D eigenvalue weighted by molar-refractivity contribution is 0.393. The predicted octanol–water partition coefficient (Wildman–Crippen LogP) is 4.52. The Morgan fingerprint density at radius 1 is 1.00 bits per heavy atom. The molecule has 2 aromatic carbocycles. The summed E-state index contributed by atoms with van der Waals surface area (Å²) in [7, 11) is 3.25. The van der Waals surface area contributed by atoms with Crippen molar-refractivity contribution in [1.82, 2.24) is 0 Å². The Labute approximate surface area is 126 Å². The Hall–Kier alpha value is -1.55. The number of ether oxygens (including phenoxy) is 2. The molecule has 2 aromatic rings. The summed E-state index contributed by atoms with van der Waals surface area (Å²) >= 11 is 3.66. The monoisotopic (exact) mass is 338 g/mol. The third-order valence-corrected chi connectivity index (χ3v) is 3.92. The summed E-state index contributed by atoms with van der Waals surface area (Å²) < 4.78 is 23.4. The predicted molar refractivity (Wildman–Crippen MR) is 81.3 cm³/mol. The summed E-state index contributed by atoms with van der Waals surface area (Å²) in [5.74, 6) is 1.29. The zero-order valence-corrected chi connectivity index (χ0v) is 13.0. The van der Waals surface area contributed by atoms with E-state index < -0.39 is 0 Å². The first-order valence-corrected chi connectivity index (χ1v) is 7.15. The molecule has 4 heteroatoms. The molecule has 2 nitrogen and oxygen atoms in total. The van der Waals surface area contributed by atoms with Gasteiger partial charge >= 0.3 is 0 Å². The fourth-order valence-electron chi connectivity index (χ4n) is 1.96. The van der Waals surface area contributed by atoms with Crippen molar-refractivity contribution in [3.8, 4) is 11.5 Å². The summed E-state index contributed by atoms with van der Waals surface area (Å²) in [6, 6.07) is 12.3. The molecule has 0 bridgehead atoms. The van der Waals surface area contributed by atoms with Gasteiger partial charge in [0.15, 0.2) is 0 Å². The number of benzene rings is 2. The molecule has 0 radical (unpaired) electrons. The minimum Gasteiger partial charge on any atom is -0.497 e. The molecule has 0 aliphatic heterocycles. The first kappa shape index (κ1) is 14.9. The lowest BCUT2D eigenvalue weighted by Gasteiger charge is -2.13. The van der Waals surface area contributed by atoms with E-state index in [9.17, 15) is 4.39 Å². The number of rotatable bonds is 5. The molecule has 0 saturated heterocycles. The van der Waals surface area contributed by atoms with Crippen molar-refractivity contribution < 1.29 is 13.9 Å². The first-order valence-electron chi connectivity index (χ1n) is 6.24. The highest BCUT2D eigenvalue weighted by atomic mass is 79.9. The number of halogens is 2. The van der Waals surface area contributed by atoms with Crippen LogP contribution in [0.4, 0.5) is 4.39 Å². The van der Waals surface area contributed by atoms with Gasteiger partial charge in [-0.2, -0.15) is 0 Å². The standard InChI is InChI=1S/C16H16BrFO2/c1-19-14-8-12(9-15(10-14)20-2)16(17)7-11-3-5-13(18)6-4-11/h3-6,8-10,16H,7H2,1-2H3. The van der Waals surface area contributed by atoms with Crippen LogP contribution in [-0.2, 0) is 6.42 Å². The van der Waals surface area contributed by atoms with Gasteiger partial charge in [-0.3, -0.25) is 0 Å². The molecule has 1 atom stereocenters. The summed E-state index contributed by atoms with van der Waals surface area (Å²) in [5, 5.41) is 0. The van der Waals surface area contributed by atoms with Crippen molar-refractivity contribution in [2.75, 3.05) is 14.2 Å². The maximum Gasteiger partial charge on any atom is 0.123 e. The number of alkyl halides is 1. The molecule has 0 heterocycles. The molecular formula is C16H16BrFO2. The summed E-state index contributed by atoms with van der Waals surface area (Å²) in [5.41, 5.74) is 2.13. The molecular weight excluding hydrogens is 323 g/mol. The second kappa shape index (κ2) is 6.75. The zero-order valence-electron chi connectivity index (χ0n) is 11.4. The highest BCUT2D eigenvalue weighted by Crippen LogP contribution is 2.33. The minimum absolute atomic E-state index is 0.108. The van der Waals surface area contributed by atoms with Crippen molar-refractivity contribution in [2.45, 2.75) is 11.2 Å². The molecule has 0 aliphatic carbocycles. The highest BCUT2D eigenvalue weighted by Gasteiger charge is 2.12. The van der Waals surface area contributed by atoms with E-state index in [2.05, 4.69) is 15.9 Å². The van der Waals surface area contributed by atoms with Crippen molar-refractivity contribution >= 4 is 15.9 Å². The van der Waals surface area contributed by atoms with E-state index in [-0.39, 0.29) is 10.6 Å². The largest absolute Gasteiger partial charge is 0.497 e. The third-order valence-electron chi connectivity index (χ3n) is 3.06. The normalized spacial score (nSPS) is 12.0. The van der Waals surface area contributed by atoms with Crippen LogP contribution < -0.4 is 9.47 Å². The Kier molecular flexibility index (Phi) is 5.01. The van der Waals surface area contributed by atoms with Gasteiger partial charge < -0.3 is 9.47 Å². The van der Waals surface area contributed by atoms with Gasteiger partial charge in [0.05, 0.1) is 14.2 Å². The molecule has 0 saturated carbocycles. The van der Waals surface area contributed by atoms with E-state index in [1.54, 1.807) is 26.4 Å². The van der Waals surface area contributed by atoms with E-state index in [1.165, 1.54) is 12.1 Å². The molecule has 0 aromatic heterocycles. The summed E-state index contributed by atoms with van der Waals surface area (Å²) in [6.45, 7) is 0. The lowest BCUT2D eigenvalue weighted by Crippen LogP contribution is -1.98. The summed E-state index contributed by atoms with van der Waals surface area (Å²) in [4.78, 5) is 0.108. The topological polar surface area (TPSA) is 18.5 Å². The van der Waals surface area contributed by atoms with Gasteiger partial charge in [0.2, 0.25) is 0 Å². The van der Waals surface area contributed by atoms with Crippen LogP contribution >= 0.6 is 15.9 Å². The molecule has 2 rings (SSSR count). The molecule has 0 spiro atoms. The van der Waals surface area contributed by atoms with Crippen LogP contribution in [-0.4, -0.2) is 14.2 Å². The smallest absolute Gasteiger partial charge is 0.123 e. The molecule has 0 aliphatic rings. The number of hydrogen-bond acceptors (Lipinski definition) is 2. The van der Waals surface area contributed by atoms with Crippen LogP contribution in [0, 0.1) is 5.82 Å². The number of hydrogen-bond donors (Lipinski definition) is 0. The van der Waals surface area contributed by atoms with Gasteiger partial charge in [0, 0.05) is 10.9 Å². The molecule has 1 unspecified atom stereocenters. The zero-order chi connectivity index (χ0) is 14.5. The second-order valence-corrected chi connectivity index (χ2v) is 5.55. The van der Waals surface area contributed by atoms with Crippen molar-refractivity contribution in [2.24, 2.45) is 0 Å². The van der Waals surface area contributed by atoms with Crippen molar-refractivity contribution in [3.05, 3.63) is 59.4 Å². The Morgan fingerprint density at radius 2 is 1.55 bits per heavy atom. The van der Waals surface area contributed by atoms with Gasteiger partial charge in [-0.1, -0.05) is 28.1 Å². The maximum absolute atomic E-state index is 12.9. The quantitative estimate of drug-likeness (QED) is 0.746.